The molecule has 0 unspecified atom stereocenters. The molecule has 0 atom stereocenters. The Bertz CT molecular complexity index is 386. The van der Waals surface area contributed by atoms with E-state index in [0.29, 0.717) is 11.3 Å². The number of methoxy groups -OCH3 is 1. The third-order valence-electron chi connectivity index (χ3n) is 2.20. The molecule has 0 aliphatic heterocycles. The summed E-state index contributed by atoms with van der Waals surface area (Å²) in [4.78, 5) is 11.8. The predicted octanol–water partition coefficient (Wildman–Crippen LogP) is 1.26. The first-order valence-electron chi connectivity index (χ1n) is 4.65. The van der Waals surface area contributed by atoms with Crippen molar-refractivity contribution in [3.05, 3.63) is 28.8 Å². The van der Waals surface area contributed by atoms with E-state index in [4.69, 9.17) is 10.6 Å². The van der Waals surface area contributed by atoms with Gasteiger partial charge in [-0.05, 0) is 31.0 Å². The van der Waals surface area contributed by atoms with Crippen LogP contribution in [-0.4, -0.2) is 25.1 Å². The van der Waals surface area contributed by atoms with Crippen molar-refractivity contribution >= 4 is 5.91 Å². The standard InChI is InChI=1S/C11H16N2O2/c1-7-5-8(2)10(9(6-7)15-4)11(14)13(3)12/h5-6H,12H2,1-4H3. The number of hydrogen-bond acceptors (Lipinski definition) is 3. The van der Waals surface area contributed by atoms with Gasteiger partial charge in [0.2, 0.25) is 0 Å². The molecule has 1 amide bonds. The molecule has 0 aliphatic carbocycles. The lowest BCUT2D eigenvalue weighted by atomic mass is 10.0. The van der Waals surface area contributed by atoms with E-state index in [1.54, 1.807) is 7.11 Å². The van der Waals surface area contributed by atoms with Crippen molar-refractivity contribution in [3.8, 4) is 5.75 Å². The van der Waals surface area contributed by atoms with Crippen LogP contribution in [0.4, 0.5) is 0 Å². The normalized spacial score (nSPS) is 9.93. The fraction of sp³-hybridized carbons (Fsp3) is 0.364. The largest absolute Gasteiger partial charge is 0.496 e. The van der Waals surface area contributed by atoms with E-state index >= 15 is 0 Å². The lowest BCUT2D eigenvalue weighted by Crippen LogP contribution is -2.33. The highest BCUT2D eigenvalue weighted by Gasteiger charge is 2.17. The predicted molar refractivity (Wildman–Crippen MR) is 58.7 cm³/mol. The van der Waals surface area contributed by atoms with Crippen molar-refractivity contribution < 1.29 is 9.53 Å². The summed E-state index contributed by atoms with van der Waals surface area (Å²) in [6, 6.07) is 3.75. The van der Waals surface area contributed by atoms with E-state index in [2.05, 4.69) is 0 Å². The van der Waals surface area contributed by atoms with Crippen LogP contribution in [-0.2, 0) is 0 Å². The van der Waals surface area contributed by atoms with Crippen molar-refractivity contribution in [2.75, 3.05) is 14.2 Å². The van der Waals surface area contributed by atoms with Gasteiger partial charge in [0.15, 0.2) is 0 Å². The van der Waals surface area contributed by atoms with Crippen LogP contribution in [0.3, 0.4) is 0 Å². The van der Waals surface area contributed by atoms with Gasteiger partial charge in [-0.1, -0.05) is 6.07 Å². The van der Waals surface area contributed by atoms with Gasteiger partial charge in [0.05, 0.1) is 12.7 Å². The molecule has 0 saturated carbocycles. The highest BCUT2D eigenvalue weighted by atomic mass is 16.5. The maximum Gasteiger partial charge on any atom is 0.271 e. The zero-order valence-corrected chi connectivity index (χ0v) is 9.50. The quantitative estimate of drug-likeness (QED) is 0.452. The molecule has 0 aliphatic rings. The number of aryl methyl sites for hydroxylation is 2. The van der Waals surface area contributed by atoms with Gasteiger partial charge in [0, 0.05) is 7.05 Å². The molecule has 0 spiro atoms. The molecule has 0 radical (unpaired) electrons. The van der Waals surface area contributed by atoms with E-state index in [-0.39, 0.29) is 5.91 Å². The van der Waals surface area contributed by atoms with Gasteiger partial charge in [-0.3, -0.25) is 9.80 Å². The van der Waals surface area contributed by atoms with Gasteiger partial charge in [-0.15, -0.1) is 0 Å². The second-order valence-corrected chi connectivity index (χ2v) is 3.58. The zero-order chi connectivity index (χ0) is 11.6. The van der Waals surface area contributed by atoms with Gasteiger partial charge >= 0.3 is 0 Å². The Morgan fingerprint density at radius 1 is 1.40 bits per heavy atom. The Kier molecular flexibility index (Phi) is 3.31. The SMILES string of the molecule is COc1cc(C)cc(C)c1C(=O)N(C)N. The number of hydrazine groups is 1. The number of hydrogen-bond donors (Lipinski definition) is 1. The molecule has 0 bridgehead atoms. The molecule has 15 heavy (non-hydrogen) atoms. The molecular weight excluding hydrogens is 192 g/mol. The average molecular weight is 208 g/mol. The number of carbonyl (C=O) groups is 1. The molecule has 1 aromatic rings. The molecule has 0 saturated heterocycles. The van der Waals surface area contributed by atoms with E-state index < -0.39 is 0 Å². The summed E-state index contributed by atoms with van der Waals surface area (Å²) < 4.78 is 5.18. The molecule has 0 aromatic heterocycles. The highest BCUT2D eigenvalue weighted by Crippen LogP contribution is 2.24. The van der Waals surface area contributed by atoms with Crippen LogP contribution in [0.15, 0.2) is 12.1 Å². The van der Waals surface area contributed by atoms with Gasteiger partial charge < -0.3 is 4.74 Å². The monoisotopic (exact) mass is 208 g/mol. The molecule has 4 nitrogen and oxygen atoms in total. The number of rotatable bonds is 2. The summed E-state index contributed by atoms with van der Waals surface area (Å²) in [6.45, 7) is 3.82. The van der Waals surface area contributed by atoms with Gasteiger partial charge in [-0.25, -0.2) is 5.84 Å². The number of amides is 1. The number of benzene rings is 1. The van der Waals surface area contributed by atoms with Crippen LogP contribution in [0.25, 0.3) is 0 Å². The average Bonchev–Trinajstić information content (AvgIpc) is 2.15. The maximum atomic E-state index is 11.8. The van der Waals surface area contributed by atoms with Crippen LogP contribution in [0.1, 0.15) is 21.5 Å². The molecule has 82 valence electrons. The van der Waals surface area contributed by atoms with E-state index in [9.17, 15) is 4.79 Å². The summed E-state index contributed by atoms with van der Waals surface area (Å²) in [5.74, 6) is 5.75. The third-order valence-corrected chi connectivity index (χ3v) is 2.20. The molecule has 1 rings (SSSR count). The molecule has 1 aromatic carbocycles. The van der Waals surface area contributed by atoms with Crippen molar-refractivity contribution in [2.24, 2.45) is 5.84 Å². The first-order chi connectivity index (χ1) is 6.97. The van der Waals surface area contributed by atoms with Crippen LogP contribution in [0, 0.1) is 13.8 Å². The minimum absolute atomic E-state index is 0.246. The van der Waals surface area contributed by atoms with Crippen molar-refractivity contribution in [1.29, 1.82) is 0 Å². The lowest BCUT2D eigenvalue weighted by molar-refractivity contribution is 0.0791. The minimum Gasteiger partial charge on any atom is -0.496 e. The second kappa shape index (κ2) is 4.31. The molecule has 4 heteroatoms. The van der Waals surface area contributed by atoms with Crippen LogP contribution in [0.2, 0.25) is 0 Å². The first-order valence-corrected chi connectivity index (χ1v) is 4.65. The lowest BCUT2D eigenvalue weighted by Gasteiger charge is -2.15. The number of carbonyl (C=O) groups excluding carboxylic acids is 1. The topological polar surface area (TPSA) is 55.6 Å². The molecule has 0 heterocycles. The fourth-order valence-electron chi connectivity index (χ4n) is 1.54. The van der Waals surface area contributed by atoms with Crippen LogP contribution >= 0.6 is 0 Å². The van der Waals surface area contributed by atoms with Crippen molar-refractivity contribution in [1.82, 2.24) is 5.01 Å². The van der Waals surface area contributed by atoms with Gasteiger partial charge in [-0.2, -0.15) is 0 Å². The highest BCUT2D eigenvalue weighted by molar-refractivity contribution is 5.98. The Hall–Kier alpha value is -1.55. The minimum atomic E-state index is -0.246. The summed E-state index contributed by atoms with van der Waals surface area (Å²) in [6.07, 6.45) is 0. The van der Waals surface area contributed by atoms with Crippen molar-refractivity contribution in [2.45, 2.75) is 13.8 Å². The van der Waals surface area contributed by atoms with E-state index in [1.807, 2.05) is 26.0 Å². The summed E-state index contributed by atoms with van der Waals surface area (Å²) in [5.41, 5.74) is 2.45. The second-order valence-electron chi connectivity index (χ2n) is 3.58. The Balaban J connectivity index is 3.33. The van der Waals surface area contributed by atoms with Crippen LogP contribution < -0.4 is 10.6 Å². The van der Waals surface area contributed by atoms with Crippen LogP contribution in [0.5, 0.6) is 5.75 Å². The third kappa shape index (κ3) is 2.27. The van der Waals surface area contributed by atoms with E-state index in [0.717, 1.165) is 16.1 Å². The molecule has 0 fully saturated rings. The van der Waals surface area contributed by atoms with E-state index in [1.165, 1.54) is 7.05 Å². The first kappa shape index (κ1) is 11.5. The zero-order valence-electron chi connectivity index (χ0n) is 9.50. The van der Waals surface area contributed by atoms with Gasteiger partial charge in [0.1, 0.15) is 5.75 Å². The number of nitrogens with zero attached hydrogens (tertiary/aromatic N) is 1. The molecular formula is C11H16N2O2. The maximum absolute atomic E-state index is 11.8. The Morgan fingerprint density at radius 3 is 2.47 bits per heavy atom. The Labute approximate surface area is 89.6 Å². The fourth-order valence-corrected chi connectivity index (χ4v) is 1.54. The van der Waals surface area contributed by atoms with Crippen molar-refractivity contribution in [3.63, 3.8) is 0 Å². The smallest absolute Gasteiger partial charge is 0.271 e. The number of nitrogens with two attached hydrogens (primary N) is 1. The summed E-state index contributed by atoms with van der Waals surface area (Å²) in [5, 5.41) is 1.06. The summed E-state index contributed by atoms with van der Waals surface area (Å²) >= 11 is 0. The molecule has 2 N–H and O–H groups in total. The number of ether oxygens (including phenoxy) is 1. The van der Waals surface area contributed by atoms with Gasteiger partial charge in [0.25, 0.3) is 5.91 Å². The Morgan fingerprint density at radius 2 is 2.00 bits per heavy atom. The summed E-state index contributed by atoms with van der Waals surface area (Å²) in [7, 11) is 3.06.